The van der Waals surface area contributed by atoms with Crippen molar-refractivity contribution in [2.75, 3.05) is 26.2 Å². The fraction of sp³-hybridized carbons (Fsp3) is 0.800. The van der Waals surface area contributed by atoms with Gasteiger partial charge in [0.15, 0.2) is 0 Å². The molecule has 1 rings (SSSR count). The van der Waals surface area contributed by atoms with Crippen LogP contribution in [0.15, 0.2) is 0 Å². The van der Waals surface area contributed by atoms with Crippen LogP contribution in [0.2, 0.25) is 0 Å². The zero-order chi connectivity index (χ0) is 12.2. The summed E-state index contributed by atoms with van der Waals surface area (Å²) in [5, 5.41) is 3.29. The van der Waals surface area contributed by atoms with Gasteiger partial charge in [-0.25, -0.2) is 0 Å². The van der Waals surface area contributed by atoms with Crippen molar-refractivity contribution in [1.29, 1.82) is 0 Å². The van der Waals surface area contributed by atoms with Crippen LogP contribution in [0, 0.1) is 0 Å². The molecule has 0 aromatic rings. The van der Waals surface area contributed by atoms with Gasteiger partial charge in [-0.15, -0.1) is 0 Å². The summed E-state index contributed by atoms with van der Waals surface area (Å²) in [5.41, 5.74) is 4.61. The van der Waals surface area contributed by atoms with Gasteiger partial charge in [-0.05, 0) is 13.8 Å². The molecule has 1 saturated heterocycles. The summed E-state index contributed by atoms with van der Waals surface area (Å²) in [7, 11) is 0. The highest BCUT2D eigenvalue weighted by Crippen LogP contribution is 2.14. The first-order valence-electron chi connectivity index (χ1n) is 5.43. The summed E-state index contributed by atoms with van der Waals surface area (Å²) < 4.78 is 0. The van der Waals surface area contributed by atoms with Crippen LogP contribution in [0.1, 0.15) is 20.8 Å². The Hall–Kier alpha value is -1.14. The van der Waals surface area contributed by atoms with Crippen LogP contribution in [0.3, 0.4) is 0 Å². The lowest BCUT2D eigenvalue weighted by Gasteiger charge is -2.42. The summed E-state index contributed by atoms with van der Waals surface area (Å²) >= 11 is 0. The van der Waals surface area contributed by atoms with Gasteiger partial charge in [-0.1, -0.05) is 0 Å². The van der Waals surface area contributed by atoms with Crippen molar-refractivity contribution in [2.24, 2.45) is 0 Å². The van der Waals surface area contributed by atoms with Crippen LogP contribution in [0.25, 0.3) is 0 Å². The summed E-state index contributed by atoms with van der Waals surface area (Å²) in [6, 6.07) is 0. The van der Waals surface area contributed by atoms with Crippen LogP contribution in [-0.4, -0.2) is 48.4 Å². The van der Waals surface area contributed by atoms with E-state index < -0.39 is 0 Å². The Morgan fingerprint density at radius 3 is 2.62 bits per heavy atom. The summed E-state index contributed by atoms with van der Waals surface area (Å²) in [6.45, 7) is 8.41. The molecule has 0 spiro atoms. The van der Waals surface area contributed by atoms with Gasteiger partial charge in [0.05, 0.1) is 6.54 Å². The van der Waals surface area contributed by atoms with Gasteiger partial charge in [-0.2, -0.15) is 0 Å². The van der Waals surface area contributed by atoms with Crippen molar-refractivity contribution < 1.29 is 9.59 Å². The molecule has 0 radical (unpaired) electrons. The van der Waals surface area contributed by atoms with E-state index in [-0.39, 0.29) is 17.4 Å². The maximum atomic E-state index is 11.5. The van der Waals surface area contributed by atoms with Crippen LogP contribution in [-0.2, 0) is 9.59 Å². The Labute approximate surface area is 95.7 Å². The molecule has 0 bridgehead atoms. The van der Waals surface area contributed by atoms with Crippen molar-refractivity contribution in [3.8, 4) is 0 Å². The van der Waals surface area contributed by atoms with E-state index in [1.165, 1.54) is 6.92 Å². The minimum Gasteiger partial charge on any atom is -0.314 e. The molecule has 1 fully saturated rings. The average Bonchev–Trinajstić information content (AvgIpc) is 2.18. The highest BCUT2D eigenvalue weighted by molar-refractivity contribution is 5.82. The van der Waals surface area contributed by atoms with Crippen LogP contribution < -0.4 is 16.2 Å². The maximum absolute atomic E-state index is 11.5. The maximum Gasteiger partial charge on any atom is 0.252 e. The third kappa shape index (κ3) is 3.79. The minimum atomic E-state index is -0.270. The average molecular weight is 228 g/mol. The van der Waals surface area contributed by atoms with Gasteiger partial charge in [0.1, 0.15) is 0 Å². The Kier molecular flexibility index (Phi) is 4.26. The van der Waals surface area contributed by atoms with Crippen LogP contribution >= 0.6 is 0 Å². The second kappa shape index (κ2) is 5.27. The van der Waals surface area contributed by atoms with Gasteiger partial charge >= 0.3 is 0 Å². The van der Waals surface area contributed by atoms with E-state index >= 15 is 0 Å². The number of hydrazine groups is 1. The number of carbonyl (C=O) groups is 2. The number of amides is 2. The van der Waals surface area contributed by atoms with Gasteiger partial charge in [0, 0.05) is 32.1 Å². The SMILES string of the molecule is CC(=O)NNC(=O)CN1CCNCC1(C)C. The first-order valence-corrected chi connectivity index (χ1v) is 5.43. The molecule has 16 heavy (non-hydrogen) atoms. The zero-order valence-corrected chi connectivity index (χ0v) is 10.1. The zero-order valence-electron chi connectivity index (χ0n) is 10.1. The normalized spacial score (nSPS) is 20.2. The molecule has 0 atom stereocenters. The van der Waals surface area contributed by atoms with Crippen LogP contribution in [0.5, 0.6) is 0 Å². The summed E-state index contributed by atoms with van der Waals surface area (Å²) in [4.78, 5) is 24.2. The Balaban J connectivity index is 2.40. The fourth-order valence-electron chi connectivity index (χ4n) is 1.69. The van der Waals surface area contributed by atoms with E-state index in [4.69, 9.17) is 0 Å². The monoisotopic (exact) mass is 228 g/mol. The molecule has 0 aromatic carbocycles. The predicted molar refractivity (Wildman–Crippen MR) is 60.5 cm³/mol. The molecule has 6 heteroatoms. The molecule has 3 N–H and O–H groups in total. The number of rotatable bonds is 2. The third-order valence-corrected chi connectivity index (χ3v) is 2.68. The van der Waals surface area contributed by atoms with Crippen molar-refractivity contribution in [3.05, 3.63) is 0 Å². The highest BCUT2D eigenvalue weighted by Gasteiger charge is 2.30. The molecule has 0 aliphatic carbocycles. The Bertz CT molecular complexity index is 278. The molecule has 92 valence electrons. The minimum absolute atomic E-state index is 0.0359. The van der Waals surface area contributed by atoms with Crippen LogP contribution in [0.4, 0.5) is 0 Å². The van der Waals surface area contributed by atoms with E-state index in [0.717, 1.165) is 19.6 Å². The number of nitrogens with zero attached hydrogens (tertiary/aromatic N) is 1. The standard InChI is InChI=1S/C10H20N4O2/c1-8(15)12-13-9(16)6-14-5-4-11-7-10(14,2)3/h11H,4-7H2,1-3H3,(H,12,15)(H,13,16). The smallest absolute Gasteiger partial charge is 0.252 e. The lowest BCUT2D eigenvalue weighted by molar-refractivity contribution is -0.129. The van der Waals surface area contributed by atoms with Gasteiger partial charge in [0.25, 0.3) is 5.91 Å². The molecule has 0 unspecified atom stereocenters. The summed E-state index contributed by atoms with van der Waals surface area (Å²) in [6.07, 6.45) is 0. The molecule has 6 nitrogen and oxygen atoms in total. The molecular weight excluding hydrogens is 208 g/mol. The van der Waals surface area contributed by atoms with Gasteiger partial charge in [0.2, 0.25) is 5.91 Å². The Morgan fingerprint density at radius 2 is 2.06 bits per heavy atom. The van der Waals surface area contributed by atoms with E-state index in [1.807, 2.05) is 0 Å². The number of carbonyl (C=O) groups excluding carboxylic acids is 2. The predicted octanol–water partition coefficient (Wildman–Crippen LogP) is -1.16. The summed E-state index contributed by atoms with van der Waals surface area (Å²) in [5.74, 6) is -0.460. The topological polar surface area (TPSA) is 73.5 Å². The molecule has 1 heterocycles. The number of hydrogen-bond donors (Lipinski definition) is 3. The molecule has 0 saturated carbocycles. The largest absolute Gasteiger partial charge is 0.314 e. The molecule has 0 aromatic heterocycles. The van der Waals surface area contributed by atoms with E-state index in [1.54, 1.807) is 0 Å². The van der Waals surface area contributed by atoms with Gasteiger partial charge in [-0.3, -0.25) is 25.3 Å². The lowest BCUT2D eigenvalue weighted by Crippen LogP contribution is -2.60. The third-order valence-electron chi connectivity index (χ3n) is 2.68. The lowest BCUT2D eigenvalue weighted by atomic mass is 10.0. The Morgan fingerprint density at radius 1 is 1.38 bits per heavy atom. The first kappa shape index (κ1) is 12.9. The molecule has 2 amide bonds. The van der Waals surface area contributed by atoms with E-state index in [9.17, 15) is 9.59 Å². The van der Waals surface area contributed by atoms with Crippen molar-refractivity contribution in [2.45, 2.75) is 26.3 Å². The first-order chi connectivity index (χ1) is 7.42. The second-order valence-electron chi connectivity index (χ2n) is 4.64. The molecule has 1 aliphatic rings. The quantitative estimate of drug-likeness (QED) is 0.521. The van der Waals surface area contributed by atoms with Crippen molar-refractivity contribution in [3.63, 3.8) is 0 Å². The number of hydrogen-bond acceptors (Lipinski definition) is 4. The molecule has 1 aliphatic heterocycles. The van der Waals surface area contributed by atoms with Gasteiger partial charge < -0.3 is 5.32 Å². The van der Waals surface area contributed by atoms with E-state index in [0.29, 0.717) is 6.54 Å². The van der Waals surface area contributed by atoms with E-state index in [2.05, 4.69) is 34.9 Å². The second-order valence-corrected chi connectivity index (χ2v) is 4.64. The number of nitrogens with one attached hydrogen (secondary N) is 3. The number of piperazine rings is 1. The fourth-order valence-corrected chi connectivity index (χ4v) is 1.69. The van der Waals surface area contributed by atoms with Crippen molar-refractivity contribution >= 4 is 11.8 Å². The highest BCUT2D eigenvalue weighted by atomic mass is 16.2. The molecular formula is C10H20N4O2. The van der Waals surface area contributed by atoms with Crippen molar-refractivity contribution in [1.82, 2.24) is 21.1 Å².